The topological polar surface area (TPSA) is 334 Å². The van der Waals surface area contributed by atoms with Crippen LogP contribution in [0.4, 0.5) is 4.79 Å². The lowest BCUT2D eigenvalue weighted by molar-refractivity contribution is -0.137. The number of thioether (sulfide) groups is 2. The molecule has 0 aromatic rings. The van der Waals surface area contributed by atoms with Crippen LogP contribution >= 0.6 is 23.5 Å². The largest absolute Gasteiger partial charge is 0.368 e. The summed E-state index contributed by atoms with van der Waals surface area (Å²) in [6.45, 7) is 3.45. The van der Waals surface area contributed by atoms with Gasteiger partial charge in [-0.1, -0.05) is 20.3 Å². The molecule has 23 heteroatoms. The van der Waals surface area contributed by atoms with Crippen LogP contribution in [0, 0.1) is 11.8 Å². The minimum absolute atomic E-state index is 0.0313. The van der Waals surface area contributed by atoms with Crippen molar-refractivity contribution in [3.8, 4) is 0 Å². The van der Waals surface area contributed by atoms with Gasteiger partial charge in [-0.3, -0.25) is 43.6 Å². The van der Waals surface area contributed by atoms with Crippen molar-refractivity contribution in [2.45, 2.75) is 133 Å². The third kappa shape index (κ3) is 21.1. The smallest absolute Gasteiger partial charge is 0.315 e. The number of nitrogens with two attached hydrogens (primary N) is 2. The zero-order valence-corrected chi connectivity index (χ0v) is 37.8. The van der Waals surface area contributed by atoms with Crippen LogP contribution in [0.5, 0.6) is 0 Å². The lowest BCUT2D eigenvalue weighted by Gasteiger charge is -2.25. The van der Waals surface area contributed by atoms with E-state index in [0.29, 0.717) is 62.6 Å². The Bertz CT molecular complexity index is 1510. The first kappa shape index (κ1) is 53.8. The van der Waals surface area contributed by atoms with E-state index in [2.05, 4.69) is 42.5 Å². The van der Waals surface area contributed by atoms with E-state index < -0.39 is 78.5 Å². The predicted molar refractivity (Wildman–Crippen MR) is 235 cm³/mol. The van der Waals surface area contributed by atoms with Crippen LogP contribution in [0.2, 0.25) is 0 Å². The fourth-order valence-corrected chi connectivity index (χ4v) is 9.09. The van der Waals surface area contributed by atoms with Crippen molar-refractivity contribution in [2.24, 2.45) is 23.3 Å². The Hall–Kier alpha value is -4.35. The van der Waals surface area contributed by atoms with Crippen LogP contribution in [0.3, 0.4) is 0 Å². The van der Waals surface area contributed by atoms with Crippen molar-refractivity contribution in [3.63, 3.8) is 0 Å². The second kappa shape index (κ2) is 29.9. The standard InChI is InChI=1S/C39H69N11O10S2/c1-23(2)18-24(19-31(52)50-60)36(56)46-26(11-6-8-15-40)38(58)47-27(14-17-61-3)37(57)44-20-32(53)43-21-33(54)45-25(35(41)55)10-7-9-16-42-30(51)13-5-4-12-29-34-28(22-62-29)48-39(59)49-34/h23-29,34,60H,4-22,40H2,1-3H3,(H2,41,55)(H,42,51)(H,43,53)(H,44,57)(H,45,54)(H,46,56)(H,47,58)(H,50,52)(H2,48,49,59)/t24?,25-,26-,27-,28-,29-,34-/m0/s1. The summed E-state index contributed by atoms with van der Waals surface area (Å²) in [6, 6.07) is -2.95. The highest BCUT2D eigenvalue weighted by atomic mass is 32.2. The number of carbonyl (C=O) groups is 9. The van der Waals surface area contributed by atoms with Gasteiger partial charge in [0.2, 0.25) is 47.3 Å². The molecule has 2 rings (SSSR count). The van der Waals surface area contributed by atoms with Gasteiger partial charge in [0.05, 0.1) is 25.2 Å². The van der Waals surface area contributed by atoms with Crippen LogP contribution in [0.15, 0.2) is 0 Å². The minimum Gasteiger partial charge on any atom is -0.368 e. The normalized spacial score (nSPS) is 18.5. The van der Waals surface area contributed by atoms with Gasteiger partial charge in [0.15, 0.2) is 0 Å². The van der Waals surface area contributed by atoms with Crippen LogP contribution in [0.1, 0.15) is 97.3 Å². The molecule has 21 nitrogen and oxygen atoms in total. The van der Waals surface area contributed by atoms with E-state index in [1.54, 1.807) is 0 Å². The lowest BCUT2D eigenvalue weighted by atomic mass is 9.92. The Morgan fingerprint density at radius 3 is 2.13 bits per heavy atom. The van der Waals surface area contributed by atoms with Gasteiger partial charge in [-0.25, -0.2) is 10.3 Å². The average Bonchev–Trinajstić information content (AvgIpc) is 3.79. The number of carbonyl (C=O) groups excluding carboxylic acids is 9. The van der Waals surface area contributed by atoms with Crippen molar-refractivity contribution in [2.75, 3.05) is 43.9 Å². The molecule has 2 aliphatic heterocycles. The average molecular weight is 916 g/mol. The van der Waals surface area contributed by atoms with E-state index in [0.717, 1.165) is 25.0 Å². The summed E-state index contributed by atoms with van der Waals surface area (Å²) in [4.78, 5) is 113. The van der Waals surface area contributed by atoms with E-state index in [-0.39, 0.29) is 55.6 Å². The number of unbranched alkanes of at least 4 members (excludes halogenated alkanes) is 3. The number of hydrogen-bond donors (Lipinski definition) is 12. The Morgan fingerprint density at radius 1 is 0.774 bits per heavy atom. The van der Waals surface area contributed by atoms with Gasteiger partial charge in [-0.05, 0) is 88.7 Å². The van der Waals surface area contributed by atoms with Gasteiger partial charge < -0.3 is 54.0 Å². The van der Waals surface area contributed by atoms with Crippen molar-refractivity contribution in [1.82, 2.24) is 48.0 Å². The number of hydrogen-bond acceptors (Lipinski definition) is 13. The second-order valence-corrected chi connectivity index (χ2v) is 18.2. The third-order valence-corrected chi connectivity index (χ3v) is 12.5. The molecule has 0 radical (unpaired) electrons. The van der Waals surface area contributed by atoms with Gasteiger partial charge in [0.1, 0.15) is 18.1 Å². The molecule has 2 heterocycles. The lowest BCUT2D eigenvalue weighted by Crippen LogP contribution is -2.55. The van der Waals surface area contributed by atoms with Crippen LogP contribution in [-0.2, 0) is 38.4 Å². The fraction of sp³-hybridized carbons (Fsp3) is 0.769. The molecular formula is C39H69N11O10S2. The first-order valence-corrected chi connectivity index (χ1v) is 23.8. The summed E-state index contributed by atoms with van der Waals surface area (Å²) >= 11 is 3.27. The Kier molecular flexibility index (Phi) is 25.9. The summed E-state index contributed by atoms with van der Waals surface area (Å²) in [5.41, 5.74) is 12.7. The van der Waals surface area contributed by atoms with Gasteiger partial charge in [0.25, 0.3) is 0 Å². The fourth-order valence-electron chi connectivity index (χ4n) is 7.08. The highest BCUT2D eigenvalue weighted by Crippen LogP contribution is 2.33. The highest BCUT2D eigenvalue weighted by Gasteiger charge is 2.42. The van der Waals surface area contributed by atoms with E-state index in [4.69, 9.17) is 16.7 Å². The SMILES string of the molecule is CSCC[C@H](NC(=O)[C@H](CCCCN)NC(=O)C(CC(=O)NO)CC(C)C)C(=O)NCC(=O)NCC(=O)N[C@@H](CCCCNC(=O)CCCC[C@@H]1SC[C@@H]2NC(=O)N[C@@H]21)C(N)=O. The minimum atomic E-state index is -1.08. The van der Waals surface area contributed by atoms with Gasteiger partial charge >= 0.3 is 6.03 Å². The number of primary amides is 1. The molecule has 0 aromatic carbocycles. The summed E-state index contributed by atoms with van der Waals surface area (Å²) in [7, 11) is 0. The number of urea groups is 1. The highest BCUT2D eigenvalue weighted by molar-refractivity contribution is 8.00. The Labute approximate surface area is 372 Å². The molecule has 0 aliphatic carbocycles. The molecule has 7 atom stereocenters. The Balaban J connectivity index is 1.76. The first-order valence-electron chi connectivity index (χ1n) is 21.4. The molecule has 352 valence electrons. The molecule has 62 heavy (non-hydrogen) atoms. The van der Waals surface area contributed by atoms with E-state index >= 15 is 0 Å². The quantitative estimate of drug-likeness (QED) is 0.0160. The Morgan fingerprint density at radius 2 is 1.45 bits per heavy atom. The zero-order valence-electron chi connectivity index (χ0n) is 36.1. The summed E-state index contributed by atoms with van der Waals surface area (Å²) in [5, 5.41) is 30.8. The van der Waals surface area contributed by atoms with Crippen molar-refractivity contribution in [1.29, 1.82) is 0 Å². The number of hydroxylamine groups is 1. The van der Waals surface area contributed by atoms with Gasteiger partial charge in [-0.15, -0.1) is 0 Å². The molecule has 0 spiro atoms. The molecule has 0 aromatic heterocycles. The van der Waals surface area contributed by atoms with Crippen LogP contribution < -0.4 is 59.5 Å². The molecule has 0 bridgehead atoms. The van der Waals surface area contributed by atoms with E-state index in [1.807, 2.05) is 31.9 Å². The van der Waals surface area contributed by atoms with Crippen LogP contribution in [-0.4, -0.2) is 138 Å². The monoisotopic (exact) mass is 915 g/mol. The summed E-state index contributed by atoms with van der Waals surface area (Å²) < 4.78 is 0. The second-order valence-electron chi connectivity index (χ2n) is 16.0. The number of nitrogens with one attached hydrogen (secondary N) is 9. The molecule has 10 amide bonds. The van der Waals surface area contributed by atoms with E-state index in [1.165, 1.54) is 17.2 Å². The number of amides is 10. The molecule has 2 fully saturated rings. The maximum absolute atomic E-state index is 13.5. The van der Waals surface area contributed by atoms with Gasteiger partial charge in [-0.2, -0.15) is 23.5 Å². The van der Waals surface area contributed by atoms with Gasteiger partial charge in [0, 0.05) is 36.3 Å². The molecule has 14 N–H and O–H groups in total. The maximum Gasteiger partial charge on any atom is 0.315 e. The van der Waals surface area contributed by atoms with Crippen molar-refractivity contribution < 1.29 is 48.4 Å². The molecule has 0 saturated carbocycles. The predicted octanol–water partition coefficient (Wildman–Crippen LogP) is -1.39. The summed E-state index contributed by atoms with van der Waals surface area (Å²) in [5.74, 6) is -4.27. The van der Waals surface area contributed by atoms with Crippen LogP contribution in [0.25, 0.3) is 0 Å². The third-order valence-electron chi connectivity index (χ3n) is 10.4. The maximum atomic E-state index is 13.5. The molecule has 2 aliphatic rings. The number of rotatable bonds is 32. The first-order chi connectivity index (χ1) is 29.6. The summed E-state index contributed by atoms with van der Waals surface area (Å²) in [6.07, 6.45) is 7.45. The molecular weight excluding hydrogens is 847 g/mol. The van der Waals surface area contributed by atoms with Crippen molar-refractivity contribution in [3.05, 3.63) is 0 Å². The molecule has 2 saturated heterocycles. The van der Waals surface area contributed by atoms with E-state index in [9.17, 15) is 43.2 Å². The molecule has 1 unspecified atom stereocenters. The number of fused-ring (bicyclic) bond motifs is 1. The zero-order chi connectivity index (χ0) is 46.0. The van der Waals surface area contributed by atoms with Crippen molar-refractivity contribution >= 4 is 76.8 Å².